The highest BCUT2D eigenvalue weighted by Crippen LogP contribution is 2.28. The predicted molar refractivity (Wildman–Crippen MR) is 78.5 cm³/mol. The topological polar surface area (TPSA) is 28.4 Å². The van der Waals surface area contributed by atoms with E-state index in [1.807, 2.05) is 12.1 Å². The molecule has 0 bridgehead atoms. The molecule has 19 heavy (non-hydrogen) atoms. The fraction of sp³-hybridized carbons (Fsp3) is 0.375. The Bertz CT molecular complexity index is 501. The fourth-order valence-electron chi connectivity index (χ4n) is 2.63. The maximum Gasteiger partial charge on any atom is 0.122 e. The number of benzene rings is 1. The summed E-state index contributed by atoms with van der Waals surface area (Å²) in [5.74, 6) is 0.966. The third kappa shape index (κ3) is 2.92. The third-order valence-electron chi connectivity index (χ3n) is 3.63. The van der Waals surface area contributed by atoms with Crippen molar-refractivity contribution in [2.75, 3.05) is 23.3 Å². The molecule has 1 N–H and O–H groups in total. The average Bonchev–Trinajstić information content (AvgIpc) is 3.00. The van der Waals surface area contributed by atoms with E-state index in [4.69, 9.17) is 4.42 Å². The number of hydrogen-bond donors (Lipinski definition) is 1. The van der Waals surface area contributed by atoms with Crippen molar-refractivity contribution in [2.24, 2.45) is 0 Å². The second-order valence-corrected chi connectivity index (χ2v) is 5.00. The Labute approximate surface area is 114 Å². The molecule has 1 fully saturated rings. The molecule has 0 saturated carbocycles. The van der Waals surface area contributed by atoms with Crippen molar-refractivity contribution < 1.29 is 4.42 Å². The van der Waals surface area contributed by atoms with E-state index in [2.05, 4.69) is 34.5 Å². The van der Waals surface area contributed by atoms with Crippen LogP contribution in [0.5, 0.6) is 0 Å². The average molecular weight is 256 g/mol. The SMILES string of the molecule is c1coc(CNc2ccccc2N2CCCCC2)c1. The van der Waals surface area contributed by atoms with E-state index in [-0.39, 0.29) is 0 Å². The van der Waals surface area contributed by atoms with E-state index < -0.39 is 0 Å². The minimum atomic E-state index is 0.734. The normalized spacial score (nSPS) is 15.5. The summed E-state index contributed by atoms with van der Waals surface area (Å²) >= 11 is 0. The number of piperidine rings is 1. The Balaban J connectivity index is 1.73. The molecule has 0 atom stereocenters. The van der Waals surface area contributed by atoms with E-state index in [0.717, 1.165) is 12.3 Å². The van der Waals surface area contributed by atoms with Gasteiger partial charge in [-0.2, -0.15) is 0 Å². The van der Waals surface area contributed by atoms with Gasteiger partial charge in [-0.05, 0) is 43.5 Å². The summed E-state index contributed by atoms with van der Waals surface area (Å²) in [7, 11) is 0. The van der Waals surface area contributed by atoms with Crippen molar-refractivity contribution in [3.8, 4) is 0 Å². The largest absolute Gasteiger partial charge is 0.467 e. The van der Waals surface area contributed by atoms with Crippen molar-refractivity contribution in [1.82, 2.24) is 0 Å². The van der Waals surface area contributed by atoms with E-state index in [9.17, 15) is 0 Å². The molecule has 3 nitrogen and oxygen atoms in total. The van der Waals surface area contributed by atoms with Gasteiger partial charge in [0.25, 0.3) is 0 Å². The number of nitrogens with one attached hydrogen (secondary N) is 1. The van der Waals surface area contributed by atoms with Crippen LogP contribution in [0.4, 0.5) is 11.4 Å². The van der Waals surface area contributed by atoms with E-state index in [0.29, 0.717) is 0 Å². The molecular formula is C16H20N2O. The molecule has 1 aromatic heterocycles. The van der Waals surface area contributed by atoms with Gasteiger partial charge < -0.3 is 14.6 Å². The van der Waals surface area contributed by atoms with Gasteiger partial charge >= 0.3 is 0 Å². The summed E-state index contributed by atoms with van der Waals surface area (Å²) in [5.41, 5.74) is 2.51. The summed E-state index contributed by atoms with van der Waals surface area (Å²) in [5, 5.41) is 3.48. The molecule has 0 spiro atoms. The van der Waals surface area contributed by atoms with Gasteiger partial charge in [0, 0.05) is 13.1 Å². The van der Waals surface area contributed by atoms with Crippen LogP contribution in [0, 0.1) is 0 Å². The van der Waals surface area contributed by atoms with Gasteiger partial charge in [0.2, 0.25) is 0 Å². The highest BCUT2D eigenvalue weighted by atomic mass is 16.3. The molecular weight excluding hydrogens is 236 g/mol. The molecule has 3 heteroatoms. The van der Waals surface area contributed by atoms with Crippen LogP contribution in [0.2, 0.25) is 0 Å². The lowest BCUT2D eigenvalue weighted by Crippen LogP contribution is -2.30. The van der Waals surface area contributed by atoms with Crippen LogP contribution >= 0.6 is 0 Å². The molecule has 2 aromatic rings. The highest BCUT2D eigenvalue weighted by molar-refractivity contribution is 5.70. The third-order valence-corrected chi connectivity index (χ3v) is 3.63. The summed E-state index contributed by atoms with van der Waals surface area (Å²) < 4.78 is 5.36. The van der Waals surface area contributed by atoms with Crippen molar-refractivity contribution >= 4 is 11.4 Å². The molecule has 0 radical (unpaired) electrons. The lowest BCUT2D eigenvalue weighted by Gasteiger charge is -2.30. The second-order valence-electron chi connectivity index (χ2n) is 5.00. The smallest absolute Gasteiger partial charge is 0.122 e. The van der Waals surface area contributed by atoms with E-state index in [1.54, 1.807) is 6.26 Å². The van der Waals surface area contributed by atoms with E-state index >= 15 is 0 Å². The van der Waals surface area contributed by atoms with Crippen LogP contribution in [-0.2, 0) is 6.54 Å². The maximum absolute atomic E-state index is 5.36. The summed E-state index contributed by atoms with van der Waals surface area (Å²) in [6.45, 7) is 3.07. The summed E-state index contributed by atoms with van der Waals surface area (Å²) in [4.78, 5) is 2.48. The molecule has 0 amide bonds. The number of para-hydroxylation sites is 2. The monoisotopic (exact) mass is 256 g/mol. The zero-order valence-electron chi connectivity index (χ0n) is 11.1. The lowest BCUT2D eigenvalue weighted by atomic mass is 10.1. The first-order valence-corrected chi connectivity index (χ1v) is 7.04. The highest BCUT2D eigenvalue weighted by Gasteiger charge is 2.13. The van der Waals surface area contributed by atoms with Gasteiger partial charge in [0.05, 0.1) is 24.2 Å². The van der Waals surface area contributed by atoms with Crippen molar-refractivity contribution in [1.29, 1.82) is 0 Å². The van der Waals surface area contributed by atoms with Crippen LogP contribution in [0.15, 0.2) is 47.1 Å². The zero-order valence-corrected chi connectivity index (χ0v) is 11.1. The van der Waals surface area contributed by atoms with Gasteiger partial charge in [-0.15, -0.1) is 0 Å². The number of furan rings is 1. The Morgan fingerprint density at radius 1 is 1.00 bits per heavy atom. The number of nitrogens with zero attached hydrogens (tertiary/aromatic N) is 1. The molecule has 0 unspecified atom stereocenters. The van der Waals surface area contributed by atoms with Crippen molar-refractivity contribution in [2.45, 2.75) is 25.8 Å². The Morgan fingerprint density at radius 2 is 1.84 bits per heavy atom. The van der Waals surface area contributed by atoms with Gasteiger partial charge in [-0.1, -0.05) is 12.1 Å². The van der Waals surface area contributed by atoms with Crippen molar-refractivity contribution in [3.63, 3.8) is 0 Å². The predicted octanol–water partition coefficient (Wildman–Crippen LogP) is 3.88. The van der Waals surface area contributed by atoms with Gasteiger partial charge in [-0.25, -0.2) is 0 Å². The number of anilines is 2. The van der Waals surface area contributed by atoms with E-state index in [1.165, 1.54) is 43.7 Å². The van der Waals surface area contributed by atoms with Crippen molar-refractivity contribution in [3.05, 3.63) is 48.4 Å². The molecule has 0 aliphatic carbocycles. The minimum Gasteiger partial charge on any atom is -0.467 e. The molecule has 1 saturated heterocycles. The summed E-state index contributed by atoms with van der Waals surface area (Å²) in [6, 6.07) is 12.5. The Kier molecular flexibility index (Phi) is 3.73. The fourth-order valence-corrected chi connectivity index (χ4v) is 2.63. The second kappa shape index (κ2) is 5.83. The molecule has 2 heterocycles. The number of hydrogen-bond acceptors (Lipinski definition) is 3. The summed E-state index contributed by atoms with van der Waals surface area (Å²) in [6.07, 6.45) is 5.67. The molecule has 100 valence electrons. The minimum absolute atomic E-state index is 0.734. The quantitative estimate of drug-likeness (QED) is 0.899. The van der Waals surface area contributed by atoms with Crippen LogP contribution in [-0.4, -0.2) is 13.1 Å². The zero-order chi connectivity index (χ0) is 12.9. The Morgan fingerprint density at radius 3 is 2.63 bits per heavy atom. The first kappa shape index (κ1) is 12.2. The van der Waals surface area contributed by atoms with Gasteiger partial charge in [0.1, 0.15) is 5.76 Å². The van der Waals surface area contributed by atoms with Crippen LogP contribution in [0.1, 0.15) is 25.0 Å². The molecule has 1 aliphatic rings. The lowest BCUT2D eigenvalue weighted by molar-refractivity contribution is 0.518. The first-order valence-electron chi connectivity index (χ1n) is 7.04. The van der Waals surface area contributed by atoms with Crippen LogP contribution in [0.25, 0.3) is 0 Å². The van der Waals surface area contributed by atoms with Crippen LogP contribution < -0.4 is 10.2 Å². The van der Waals surface area contributed by atoms with Crippen LogP contribution in [0.3, 0.4) is 0 Å². The molecule has 1 aliphatic heterocycles. The number of rotatable bonds is 4. The van der Waals surface area contributed by atoms with Gasteiger partial charge in [-0.3, -0.25) is 0 Å². The molecule has 3 rings (SSSR count). The maximum atomic E-state index is 5.36. The molecule has 1 aromatic carbocycles. The first-order chi connectivity index (χ1) is 9.43. The van der Waals surface area contributed by atoms with Gasteiger partial charge in [0.15, 0.2) is 0 Å². The Hall–Kier alpha value is -1.90. The standard InChI is InChI=1S/C16H20N2O/c1-4-10-18(11-5-1)16-9-3-2-8-15(16)17-13-14-7-6-12-19-14/h2-3,6-9,12,17H,1,4-5,10-11,13H2.